The van der Waals surface area contributed by atoms with E-state index >= 15 is 0 Å². The number of aromatic amines is 1. The molecular formula is C15H14N4O2. The Morgan fingerprint density at radius 2 is 2.00 bits per heavy atom. The highest BCUT2D eigenvalue weighted by atomic mass is 16.4. The minimum Gasteiger partial charge on any atom is -0.480 e. The molecule has 0 aliphatic carbocycles. The number of aromatic nitrogens is 3. The van der Waals surface area contributed by atoms with Gasteiger partial charge in [-0.2, -0.15) is 0 Å². The molecule has 0 saturated heterocycles. The fraction of sp³-hybridized carbons (Fsp3) is 0.133. The van der Waals surface area contributed by atoms with Gasteiger partial charge in [0.2, 0.25) is 5.95 Å². The molecule has 106 valence electrons. The molecular weight excluding hydrogens is 268 g/mol. The summed E-state index contributed by atoms with van der Waals surface area (Å²) in [5, 5.41) is 13.3. The summed E-state index contributed by atoms with van der Waals surface area (Å²) in [7, 11) is 0. The van der Waals surface area contributed by atoms with Gasteiger partial charge < -0.3 is 15.4 Å². The lowest BCUT2D eigenvalue weighted by Crippen LogP contribution is -2.32. The number of carboxylic acids is 1. The molecule has 0 spiro atoms. The number of carbonyl (C=O) groups is 1. The van der Waals surface area contributed by atoms with E-state index < -0.39 is 12.0 Å². The van der Waals surface area contributed by atoms with Crippen molar-refractivity contribution in [3.8, 4) is 0 Å². The smallest absolute Gasteiger partial charge is 0.326 e. The summed E-state index contributed by atoms with van der Waals surface area (Å²) in [6.45, 7) is 0. The van der Waals surface area contributed by atoms with Crippen molar-refractivity contribution in [3.05, 3.63) is 54.5 Å². The average Bonchev–Trinajstić information content (AvgIpc) is 2.91. The van der Waals surface area contributed by atoms with Crippen molar-refractivity contribution in [3.63, 3.8) is 0 Å². The number of carboxylic acid groups (broad SMARTS) is 1. The van der Waals surface area contributed by atoms with E-state index in [0.29, 0.717) is 12.4 Å². The summed E-state index contributed by atoms with van der Waals surface area (Å²) in [6, 6.07) is 8.70. The zero-order valence-electron chi connectivity index (χ0n) is 11.2. The maximum absolute atomic E-state index is 11.4. The van der Waals surface area contributed by atoms with E-state index in [1.54, 1.807) is 18.5 Å². The first-order valence-electron chi connectivity index (χ1n) is 6.55. The Labute approximate surface area is 120 Å². The minimum absolute atomic E-state index is 0.310. The monoisotopic (exact) mass is 282 g/mol. The van der Waals surface area contributed by atoms with E-state index in [-0.39, 0.29) is 0 Å². The second kappa shape index (κ2) is 5.62. The van der Waals surface area contributed by atoms with E-state index in [2.05, 4.69) is 20.3 Å². The lowest BCUT2D eigenvalue weighted by Gasteiger charge is -2.13. The van der Waals surface area contributed by atoms with Crippen LogP contribution in [0.15, 0.2) is 48.9 Å². The second-order valence-electron chi connectivity index (χ2n) is 4.67. The Bertz CT molecular complexity index is 754. The normalized spacial score (nSPS) is 12.2. The molecule has 0 fully saturated rings. The number of H-pyrrole nitrogens is 1. The number of rotatable bonds is 5. The van der Waals surface area contributed by atoms with E-state index in [1.807, 2.05) is 30.5 Å². The number of fused-ring (bicyclic) bond motifs is 1. The van der Waals surface area contributed by atoms with Gasteiger partial charge in [0.25, 0.3) is 0 Å². The van der Waals surface area contributed by atoms with Crippen molar-refractivity contribution in [1.29, 1.82) is 0 Å². The second-order valence-corrected chi connectivity index (χ2v) is 4.67. The molecule has 1 aromatic carbocycles. The Morgan fingerprint density at radius 1 is 1.24 bits per heavy atom. The number of nitrogens with one attached hydrogen (secondary N) is 2. The van der Waals surface area contributed by atoms with Gasteiger partial charge in [-0.1, -0.05) is 18.2 Å². The number of hydrogen-bond acceptors (Lipinski definition) is 4. The number of nitrogens with zero attached hydrogens (tertiary/aromatic N) is 2. The maximum Gasteiger partial charge on any atom is 0.326 e. The van der Waals surface area contributed by atoms with Crippen molar-refractivity contribution in [2.24, 2.45) is 0 Å². The number of para-hydroxylation sites is 1. The first-order chi connectivity index (χ1) is 10.2. The van der Waals surface area contributed by atoms with Crippen molar-refractivity contribution in [1.82, 2.24) is 15.0 Å². The van der Waals surface area contributed by atoms with Gasteiger partial charge >= 0.3 is 5.97 Å². The van der Waals surface area contributed by atoms with E-state index in [9.17, 15) is 9.90 Å². The molecule has 3 rings (SSSR count). The van der Waals surface area contributed by atoms with Crippen molar-refractivity contribution in [2.75, 3.05) is 5.32 Å². The zero-order valence-corrected chi connectivity index (χ0v) is 11.2. The Morgan fingerprint density at radius 3 is 2.76 bits per heavy atom. The highest BCUT2D eigenvalue weighted by Gasteiger charge is 2.20. The van der Waals surface area contributed by atoms with E-state index in [0.717, 1.165) is 16.5 Å². The summed E-state index contributed by atoms with van der Waals surface area (Å²) < 4.78 is 0. The Kier molecular flexibility index (Phi) is 3.51. The van der Waals surface area contributed by atoms with Crippen LogP contribution >= 0.6 is 0 Å². The largest absolute Gasteiger partial charge is 0.480 e. The van der Waals surface area contributed by atoms with Crippen LogP contribution in [0.3, 0.4) is 0 Å². The summed E-state index contributed by atoms with van der Waals surface area (Å²) >= 11 is 0. The number of aliphatic carboxylic acids is 1. The van der Waals surface area contributed by atoms with Crippen molar-refractivity contribution in [2.45, 2.75) is 12.5 Å². The molecule has 0 radical (unpaired) electrons. The molecule has 2 heterocycles. The summed E-state index contributed by atoms with van der Waals surface area (Å²) in [6.07, 6.45) is 5.33. The molecule has 3 aromatic rings. The molecule has 6 nitrogen and oxygen atoms in total. The van der Waals surface area contributed by atoms with Crippen LogP contribution in [0.5, 0.6) is 0 Å². The van der Waals surface area contributed by atoms with Gasteiger partial charge in [0, 0.05) is 35.9 Å². The highest BCUT2D eigenvalue weighted by molar-refractivity contribution is 5.84. The first-order valence-corrected chi connectivity index (χ1v) is 6.55. The van der Waals surface area contributed by atoms with Crippen LogP contribution in [-0.4, -0.2) is 32.1 Å². The van der Waals surface area contributed by atoms with Crippen LogP contribution in [-0.2, 0) is 11.2 Å². The van der Waals surface area contributed by atoms with Gasteiger partial charge in [-0.25, -0.2) is 14.8 Å². The molecule has 6 heteroatoms. The molecule has 0 amide bonds. The standard InChI is InChI=1S/C15H14N4O2/c20-14(21)13(19-15-16-6-3-7-17-15)8-10-9-18-12-5-2-1-4-11(10)12/h1-7,9,13,18H,8H2,(H,20,21)(H,16,17,19)/t13-/m1/s1. The predicted molar refractivity (Wildman–Crippen MR) is 79.1 cm³/mol. The zero-order chi connectivity index (χ0) is 14.7. The third kappa shape index (κ3) is 2.84. The van der Waals surface area contributed by atoms with Crippen LogP contribution in [0.2, 0.25) is 0 Å². The maximum atomic E-state index is 11.4. The molecule has 3 N–H and O–H groups in total. The van der Waals surface area contributed by atoms with Gasteiger partial charge in [0.05, 0.1) is 0 Å². The fourth-order valence-corrected chi connectivity index (χ4v) is 2.25. The lowest BCUT2D eigenvalue weighted by molar-refractivity contribution is -0.137. The molecule has 1 atom stereocenters. The van der Waals surface area contributed by atoms with Gasteiger partial charge in [-0.05, 0) is 17.7 Å². The number of anilines is 1. The fourth-order valence-electron chi connectivity index (χ4n) is 2.25. The SMILES string of the molecule is O=C(O)[C@@H](Cc1c[nH]c2ccccc12)Nc1ncccn1. The molecule has 2 aromatic heterocycles. The van der Waals surface area contributed by atoms with E-state index in [1.165, 1.54) is 0 Å². The van der Waals surface area contributed by atoms with Gasteiger partial charge in [0.1, 0.15) is 6.04 Å². The Hall–Kier alpha value is -2.89. The van der Waals surface area contributed by atoms with Crippen LogP contribution in [0.1, 0.15) is 5.56 Å². The Balaban J connectivity index is 1.84. The van der Waals surface area contributed by atoms with Crippen LogP contribution < -0.4 is 5.32 Å². The first kappa shape index (κ1) is 13.1. The molecule has 0 unspecified atom stereocenters. The van der Waals surface area contributed by atoms with Gasteiger partial charge in [-0.3, -0.25) is 0 Å². The molecule has 0 saturated carbocycles. The third-order valence-corrected chi connectivity index (χ3v) is 3.27. The van der Waals surface area contributed by atoms with Crippen molar-refractivity contribution < 1.29 is 9.90 Å². The van der Waals surface area contributed by atoms with Gasteiger partial charge in [0.15, 0.2) is 0 Å². The average molecular weight is 282 g/mol. The molecule has 0 aliphatic heterocycles. The third-order valence-electron chi connectivity index (χ3n) is 3.27. The van der Waals surface area contributed by atoms with Gasteiger partial charge in [-0.15, -0.1) is 0 Å². The molecule has 0 bridgehead atoms. The van der Waals surface area contributed by atoms with Crippen molar-refractivity contribution >= 4 is 22.8 Å². The topological polar surface area (TPSA) is 90.9 Å². The predicted octanol–water partition coefficient (Wildman–Crippen LogP) is 2.07. The van der Waals surface area contributed by atoms with E-state index in [4.69, 9.17) is 0 Å². The quantitative estimate of drug-likeness (QED) is 0.666. The van der Waals surface area contributed by atoms with Crippen LogP contribution in [0, 0.1) is 0 Å². The summed E-state index contributed by atoms with van der Waals surface area (Å²) in [4.78, 5) is 22.6. The molecule has 21 heavy (non-hydrogen) atoms. The summed E-state index contributed by atoms with van der Waals surface area (Å²) in [5.74, 6) is -0.627. The van der Waals surface area contributed by atoms with Crippen LogP contribution in [0.4, 0.5) is 5.95 Å². The number of benzene rings is 1. The van der Waals surface area contributed by atoms with Crippen LogP contribution in [0.25, 0.3) is 10.9 Å². The highest BCUT2D eigenvalue weighted by Crippen LogP contribution is 2.19. The number of hydrogen-bond donors (Lipinski definition) is 3. The lowest BCUT2D eigenvalue weighted by atomic mass is 10.1. The molecule has 0 aliphatic rings. The minimum atomic E-state index is -0.937. The summed E-state index contributed by atoms with van der Waals surface area (Å²) in [5.41, 5.74) is 1.94.